The van der Waals surface area contributed by atoms with Crippen molar-refractivity contribution in [3.05, 3.63) is 34.9 Å². The van der Waals surface area contributed by atoms with E-state index in [2.05, 4.69) is 5.32 Å². The van der Waals surface area contributed by atoms with Gasteiger partial charge in [0.25, 0.3) is 5.91 Å². The Bertz CT molecular complexity index is 583. The Morgan fingerprint density at radius 1 is 1.27 bits per heavy atom. The van der Waals surface area contributed by atoms with E-state index >= 15 is 0 Å². The maximum atomic E-state index is 12.0. The molecule has 0 spiro atoms. The summed E-state index contributed by atoms with van der Waals surface area (Å²) in [5, 5.41) is 11.9. The normalized spacial score (nSPS) is 15.4. The van der Waals surface area contributed by atoms with E-state index in [-0.39, 0.29) is 24.3 Å². The third kappa shape index (κ3) is 4.21. The molecule has 0 aromatic heterocycles. The second-order valence-corrected chi connectivity index (χ2v) is 5.62. The highest BCUT2D eigenvalue weighted by Gasteiger charge is 2.26. The molecular weight excluding hydrogens is 308 g/mol. The Morgan fingerprint density at radius 2 is 1.95 bits per heavy atom. The number of piperidine rings is 1. The number of hydrogen-bond acceptors (Lipinski definition) is 3. The van der Waals surface area contributed by atoms with Gasteiger partial charge in [0.2, 0.25) is 5.91 Å². The lowest BCUT2D eigenvalue weighted by Crippen LogP contribution is -2.45. The van der Waals surface area contributed by atoms with Gasteiger partial charge in [-0.25, -0.2) is 0 Å². The Morgan fingerprint density at radius 3 is 2.55 bits per heavy atom. The van der Waals surface area contributed by atoms with Crippen LogP contribution in [0, 0.1) is 5.92 Å². The van der Waals surface area contributed by atoms with Crippen LogP contribution in [0.15, 0.2) is 24.3 Å². The molecule has 1 aliphatic rings. The van der Waals surface area contributed by atoms with E-state index in [0.717, 1.165) is 0 Å². The molecule has 2 rings (SSSR count). The number of amides is 2. The summed E-state index contributed by atoms with van der Waals surface area (Å²) in [7, 11) is 0. The molecule has 7 heteroatoms. The number of benzene rings is 1. The summed E-state index contributed by atoms with van der Waals surface area (Å²) in [6.45, 7) is 0.703. The van der Waals surface area contributed by atoms with Crippen molar-refractivity contribution in [3.8, 4) is 0 Å². The molecule has 1 saturated heterocycles. The number of nitrogens with one attached hydrogen (secondary N) is 1. The van der Waals surface area contributed by atoms with Crippen LogP contribution in [-0.2, 0) is 9.59 Å². The highest BCUT2D eigenvalue weighted by atomic mass is 35.5. The van der Waals surface area contributed by atoms with Crippen molar-refractivity contribution in [2.45, 2.75) is 12.8 Å². The lowest BCUT2D eigenvalue weighted by Gasteiger charge is -2.30. The van der Waals surface area contributed by atoms with E-state index in [0.29, 0.717) is 36.5 Å². The van der Waals surface area contributed by atoms with Gasteiger partial charge in [-0.1, -0.05) is 17.7 Å². The molecule has 0 unspecified atom stereocenters. The molecule has 0 bridgehead atoms. The summed E-state index contributed by atoms with van der Waals surface area (Å²) >= 11 is 5.81. The summed E-state index contributed by atoms with van der Waals surface area (Å²) in [6.07, 6.45) is 0.895. The first-order valence-corrected chi connectivity index (χ1v) is 7.39. The second-order valence-electron chi connectivity index (χ2n) is 5.19. The number of halogens is 1. The summed E-state index contributed by atoms with van der Waals surface area (Å²) in [4.78, 5) is 36.4. The quantitative estimate of drug-likeness (QED) is 0.876. The van der Waals surface area contributed by atoms with Gasteiger partial charge in [-0.3, -0.25) is 14.4 Å². The number of carboxylic acid groups (broad SMARTS) is 1. The average molecular weight is 325 g/mol. The number of aliphatic carboxylic acids is 1. The van der Waals surface area contributed by atoms with Crippen molar-refractivity contribution in [1.82, 2.24) is 10.2 Å². The van der Waals surface area contributed by atoms with E-state index in [4.69, 9.17) is 16.7 Å². The number of carboxylic acids is 1. The van der Waals surface area contributed by atoms with Crippen molar-refractivity contribution < 1.29 is 19.5 Å². The number of hydrogen-bond donors (Lipinski definition) is 2. The molecule has 6 nitrogen and oxygen atoms in total. The average Bonchev–Trinajstić information content (AvgIpc) is 2.52. The third-order valence-electron chi connectivity index (χ3n) is 3.68. The van der Waals surface area contributed by atoms with Gasteiger partial charge in [0.05, 0.1) is 12.5 Å². The number of likely N-dealkylation sites (tertiary alicyclic amines) is 1. The van der Waals surface area contributed by atoms with Crippen LogP contribution in [0.1, 0.15) is 23.2 Å². The largest absolute Gasteiger partial charge is 0.481 e. The third-order valence-corrected chi connectivity index (χ3v) is 3.92. The van der Waals surface area contributed by atoms with Crippen molar-refractivity contribution in [3.63, 3.8) is 0 Å². The van der Waals surface area contributed by atoms with Gasteiger partial charge in [0.1, 0.15) is 0 Å². The molecule has 0 radical (unpaired) electrons. The highest BCUT2D eigenvalue weighted by molar-refractivity contribution is 6.30. The SMILES string of the molecule is O=C(NCC(=O)N1CCC(C(=O)O)CC1)c1cccc(Cl)c1. The van der Waals surface area contributed by atoms with Crippen LogP contribution in [0.3, 0.4) is 0 Å². The zero-order valence-electron chi connectivity index (χ0n) is 11.9. The fraction of sp³-hybridized carbons (Fsp3) is 0.400. The molecule has 22 heavy (non-hydrogen) atoms. The zero-order chi connectivity index (χ0) is 16.1. The highest BCUT2D eigenvalue weighted by Crippen LogP contribution is 2.17. The fourth-order valence-electron chi connectivity index (χ4n) is 2.38. The lowest BCUT2D eigenvalue weighted by atomic mass is 9.97. The molecule has 2 N–H and O–H groups in total. The van der Waals surface area contributed by atoms with Gasteiger partial charge in [0.15, 0.2) is 0 Å². The zero-order valence-corrected chi connectivity index (χ0v) is 12.7. The summed E-state index contributed by atoms with van der Waals surface area (Å²) in [5.74, 6) is -1.78. The molecule has 118 valence electrons. The number of carbonyl (C=O) groups is 3. The van der Waals surface area contributed by atoms with Crippen LogP contribution >= 0.6 is 11.6 Å². The summed E-state index contributed by atoms with van der Waals surface area (Å²) in [6, 6.07) is 6.47. The first-order chi connectivity index (χ1) is 10.5. The smallest absolute Gasteiger partial charge is 0.306 e. The Kier molecular flexibility index (Phi) is 5.38. The van der Waals surface area contributed by atoms with Crippen molar-refractivity contribution in [2.24, 2.45) is 5.92 Å². The monoisotopic (exact) mass is 324 g/mol. The van der Waals surface area contributed by atoms with Gasteiger partial charge < -0.3 is 15.3 Å². The molecule has 0 aliphatic carbocycles. The fourth-order valence-corrected chi connectivity index (χ4v) is 2.57. The number of rotatable bonds is 4. The van der Waals surface area contributed by atoms with Crippen molar-refractivity contribution >= 4 is 29.4 Å². The van der Waals surface area contributed by atoms with Gasteiger partial charge >= 0.3 is 5.97 Å². The lowest BCUT2D eigenvalue weighted by molar-refractivity contribution is -0.145. The molecule has 1 fully saturated rings. The van der Waals surface area contributed by atoms with Crippen LogP contribution in [-0.4, -0.2) is 47.4 Å². The van der Waals surface area contributed by atoms with E-state index in [1.165, 1.54) is 6.07 Å². The maximum absolute atomic E-state index is 12.0. The molecule has 1 heterocycles. The molecule has 2 amide bonds. The molecule has 1 aromatic rings. The Hall–Kier alpha value is -2.08. The number of carbonyl (C=O) groups excluding carboxylic acids is 2. The Labute approximate surface area is 133 Å². The molecule has 1 aliphatic heterocycles. The van der Waals surface area contributed by atoms with E-state index in [9.17, 15) is 14.4 Å². The minimum Gasteiger partial charge on any atom is -0.481 e. The van der Waals surface area contributed by atoms with Crippen LogP contribution in [0.25, 0.3) is 0 Å². The summed E-state index contributed by atoms with van der Waals surface area (Å²) < 4.78 is 0. The van der Waals surface area contributed by atoms with Crippen LogP contribution < -0.4 is 5.32 Å². The molecule has 0 saturated carbocycles. The maximum Gasteiger partial charge on any atom is 0.306 e. The minimum absolute atomic E-state index is 0.108. The predicted molar refractivity (Wildman–Crippen MR) is 80.7 cm³/mol. The van der Waals surface area contributed by atoms with Crippen LogP contribution in [0.2, 0.25) is 5.02 Å². The minimum atomic E-state index is -0.818. The van der Waals surface area contributed by atoms with Gasteiger partial charge in [-0.15, -0.1) is 0 Å². The van der Waals surface area contributed by atoms with Gasteiger partial charge in [-0.05, 0) is 31.0 Å². The standard InChI is InChI=1S/C15H17ClN2O4/c16-12-3-1-2-11(8-12)14(20)17-9-13(19)18-6-4-10(5-7-18)15(21)22/h1-3,8,10H,4-7,9H2,(H,17,20)(H,21,22). The topological polar surface area (TPSA) is 86.7 Å². The number of nitrogens with zero attached hydrogens (tertiary/aromatic N) is 1. The Balaban J connectivity index is 1.81. The molecule has 0 atom stereocenters. The predicted octanol–water partition coefficient (Wildman–Crippen LogP) is 1.39. The first-order valence-electron chi connectivity index (χ1n) is 7.01. The molecular formula is C15H17ClN2O4. The van der Waals surface area contributed by atoms with Crippen LogP contribution in [0.4, 0.5) is 0 Å². The first kappa shape index (κ1) is 16.3. The second kappa shape index (κ2) is 7.26. The van der Waals surface area contributed by atoms with Crippen molar-refractivity contribution in [1.29, 1.82) is 0 Å². The van der Waals surface area contributed by atoms with Gasteiger partial charge in [-0.2, -0.15) is 0 Å². The van der Waals surface area contributed by atoms with E-state index in [1.54, 1.807) is 23.1 Å². The molecule has 1 aromatic carbocycles. The van der Waals surface area contributed by atoms with E-state index in [1.807, 2.05) is 0 Å². The summed E-state index contributed by atoms with van der Waals surface area (Å²) in [5.41, 5.74) is 0.393. The van der Waals surface area contributed by atoms with E-state index < -0.39 is 5.97 Å². The van der Waals surface area contributed by atoms with Gasteiger partial charge in [0, 0.05) is 23.7 Å². The van der Waals surface area contributed by atoms with Crippen molar-refractivity contribution in [2.75, 3.05) is 19.6 Å². The van der Waals surface area contributed by atoms with Crippen LogP contribution in [0.5, 0.6) is 0 Å².